The van der Waals surface area contributed by atoms with Crippen molar-refractivity contribution >= 4 is 26.8 Å². The van der Waals surface area contributed by atoms with Gasteiger partial charge in [-0.05, 0) is 36.4 Å². The number of para-hydroxylation sites is 1. The number of nitrogens with zero attached hydrogens (tertiary/aromatic N) is 3. The molecule has 2 aromatic heterocycles. The second-order valence-corrected chi connectivity index (χ2v) is 11.4. The van der Waals surface area contributed by atoms with E-state index in [1.807, 2.05) is 0 Å². The van der Waals surface area contributed by atoms with Gasteiger partial charge in [-0.15, -0.1) is 8.78 Å². The van der Waals surface area contributed by atoms with Gasteiger partial charge in [0.2, 0.25) is 0 Å². The topological polar surface area (TPSA) is 112 Å². The number of pyridine rings is 1. The molecule has 1 aliphatic rings. The van der Waals surface area contributed by atoms with E-state index in [1.165, 1.54) is 66.2 Å². The van der Waals surface area contributed by atoms with Gasteiger partial charge in [-0.25, -0.2) is 13.4 Å². The lowest BCUT2D eigenvalue weighted by molar-refractivity contribution is -0.287. The van der Waals surface area contributed by atoms with Crippen LogP contribution in [-0.2, 0) is 28.8 Å². The number of rotatable bonds is 8. The quantitative estimate of drug-likeness (QED) is 0.303. The van der Waals surface area contributed by atoms with E-state index in [-0.39, 0.29) is 57.4 Å². The standard InChI is InChI=1S/C26H22F4N4O5S/c1-3-40(36,37)18-9-8-17(31-13-18)12-32-23(35)15-7-10-20-19(11-15)33-24(25(2,27)28)34(20)14-16-5-4-6-21-22(16)39-26(29,30)38-21/h4-11,13H,3,12,14H2,1-2H3,(H,32,35). The first-order valence-corrected chi connectivity index (χ1v) is 13.6. The van der Waals surface area contributed by atoms with Gasteiger partial charge in [0, 0.05) is 24.2 Å². The number of imidazole rings is 1. The molecule has 0 saturated heterocycles. The summed E-state index contributed by atoms with van der Waals surface area (Å²) in [6.07, 6.45) is -2.66. The molecule has 9 nitrogen and oxygen atoms in total. The van der Waals surface area contributed by atoms with E-state index < -0.39 is 33.8 Å². The first kappa shape index (κ1) is 27.4. The summed E-state index contributed by atoms with van der Waals surface area (Å²) in [6, 6.07) is 11.2. The van der Waals surface area contributed by atoms with Crippen molar-refractivity contribution in [3.8, 4) is 11.5 Å². The summed E-state index contributed by atoms with van der Waals surface area (Å²) in [5.74, 6) is -5.11. The van der Waals surface area contributed by atoms with Gasteiger partial charge in [-0.1, -0.05) is 19.1 Å². The lowest BCUT2D eigenvalue weighted by atomic mass is 10.1. The zero-order valence-electron chi connectivity index (χ0n) is 21.1. The Hall–Kier alpha value is -4.20. The number of carbonyl (C=O) groups is 1. The lowest BCUT2D eigenvalue weighted by Gasteiger charge is -2.15. The highest BCUT2D eigenvalue weighted by molar-refractivity contribution is 7.91. The van der Waals surface area contributed by atoms with Crippen LogP contribution in [0.4, 0.5) is 17.6 Å². The van der Waals surface area contributed by atoms with E-state index in [1.54, 1.807) is 0 Å². The van der Waals surface area contributed by atoms with Crippen molar-refractivity contribution in [2.75, 3.05) is 5.75 Å². The minimum Gasteiger partial charge on any atom is -0.395 e. The van der Waals surface area contributed by atoms with Crippen molar-refractivity contribution in [3.05, 3.63) is 77.4 Å². The fourth-order valence-corrected chi connectivity index (χ4v) is 5.05. The summed E-state index contributed by atoms with van der Waals surface area (Å²) < 4.78 is 90.5. The van der Waals surface area contributed by atoms with Crippen LogP contribution in [0.3, 0.4) is 0 Å². The number of halogens is 4. The van der Waals surface area contributed by atoms with Gasteiger partial charge >= 0.3 is 12.2 Å². The van der Waals surface area contributed by atoms with Gasteiger partial charge in [0.25, 0.3) is 5.91 Å². The molecule has 14 heteroatoms. The van der Waals surface area contributed by atoms with E-state index >= 15 is 0 Å². The van der Waals surface area contributed by atoms with Crippen LogP contribution in [0.5, 0.6) is 11.5 Å². The predicted octanol–water partition coefficient (Wildman–Crippen LogP) is 4.64. The van der Waals surface area contributed by atoms with E-state index in [0.717, 1.165) is 0 Å². The molecule has 0 spiro atoms. The van der Waals surface area contributed by atoms with E-state index in [2.05, 4.69) is 24.8 Å². The number of nitrogens with one attached hydrogen (secondary N) is 1. The number of hydrogen-bond acceptors (Lipinski definition) is 7. The SMILES string of the molecule is CCS(=O)(=O)c1ccc(CNC(=O)c2ccc3c(c2)nc(C(C)(F)F)n3Cc2cccc3c2OC(F)(F)O3)nc1. The monoisotopic (exact) mass is 578 g/mol. The van der Waals surface area contributed by atoms with Gasteiger partial charge in [-0.2, -0.15) is 8.78 Å². The lowest BCUT2D eigenvalue weighted by Crippen LogP contribution is -2.26. The Balaban J connectivity index is 1.40. The molecule has 0 saturated carbocycles. The Morgan fingerprint density at radius 3 is 2.58 bits per heavy atom. The van der Waals surface area contributed by atoms with Crippen LogP contribution >= 0.6 is 0 Å². The third kappa shape index (κ3) is 5.30. The number of ether oxygens (including phenoxy) is 2. The molecular weight excluding hydrogens is 556 g/mol. The zero-order chi connectivity index (χ0) is 28.9. The molecule has 0 atom stereocenters. The van der Waals surface area contributed by atoms with Crippen LogP contribution in [0.1, 0.15) is 41.3 Å². The van der Waals surface area contributed by atoms with Crippen LogP contribution in [0, 0.1) is 0 Å². The average Bonchev–Trinajstić information content (AvgIpc) is 3.43. The van der Waals surface area contributed by atoms with Gasteiger partial charge in [0.1, 0.15) is 0 Å². The Bertz CT molecular complexity index is 1720. The minimum absolute atomic E-state index is 0.0120. The van der Waals surface area contributed by atoms with Crippen molar-refractivity contribution in [2.45, 2.75) is 44.0 Å². The molecule has 210 valence electrons. The fourth-order valence-electron chi connectivity index (χ4n) is 4.23. The highest BCUT2D eigenvalue weighted by atomic mass is 32.2. The molecular formula is C26H22F4N4O5S. The van der Waals surface area contributed by atoms with E-state index in [4.69, 9.17) is 0 Å². The number of benzene rings is 2. The number of carbonyl (C=O) groups excluding carboxylic acids is 1. The Labute approximate surface area is 225 Å². The highest BCUT2D eigenvalue weighted by Gasteiger charge is 2.44. The number of amides is 1. The maximum Gasteiger partial charge on any atom is 0.586 e. The summed E-state index contributed by atoms with van der Waals surface area (Å²) >= 11 is 0. The first-order chi connectivity index (χ1) is 18.8. The maximum atomic E-state index is 14.6. The van der Waals surface area contributed by atoms with Gasteiger partial charge in [0.15, 0.2) is 27.2 Å². The van der Waals surface area contributed by atoms with Gasteiger partial charge in [-0.3, -0.25) is 9.78 Å². The average molecular weight is 579 g/mol. The molecule has 4 aromatic rings. The van der Waals surface area contributed by atoms with Crippen molar-refractivity contribution in [3.63, 3.8) is 0 Å². The number of sulfone groups is 1. The Morgan fingerprint density at radius 1 is 1.12 bits per heavy atom. The second-order valence-electron chi connectivity index (χ2n) is 9.10. The normalized spacial score (nSPS) is 14.4. The van der Waals surface area contributed by atoms with Gasteiger partial charge < -0.3 is 19.4 Å². The summed E-state index contributed by atoms with van der Waals surface area (Å²) in [5, 5.41) is 2.64. The molecule has 0 fully saturated rings. The summed E-state index contributed by atoms with van der Waals surface area (Å²) in [5.41, 5.74) is 1.04. The zero-order valence-corrected chi connectivity index (χ0v) is 21.9. The Kier molecular flexibility index (Phi) is 6.68. The number of hydrogen-bond donors (Lipinski definition) is 1. The maximum absolute atomic E-state index is 14.6. The smallest absolute Gasteiger partial charge is 0.395 e. The fraction of sp³-hybridized carbons (Fsp3) is 0.269. The molecule has 1 N–H and O–H groups in total. The molecule has 40 heavy (non-hydrogen) atoms. The Morgan fingerprint density at radius 2 is 1.90 bits per heavy atom. The molecule has 5 rings (SSSR count). The molecule has 0 bridgehead atoms. The van der Waals surface area contributed by atoms with Crippen LogP contribution < -0.4 is 14.8 Å². The van der Waals surface area contributed by atoms with Crippen molar-refractivity contribution in [1.82, 2.24) is 19.9 Å². The summed E-state index contributed by atoms with van der Waals surface area (Å²) in [4.78, 5) is 21.0. The van der Waals surface area contributed by atoms with Crippen molar-refractivity contribution in [2.24, 2.45) is 0 Å². The van der Waals surface area contributed by atoms with Crippen molar-refractivity contribution in [1.29, 1.82) is 0 Å². The molecule has 0 unspecified atom stereocenters. The number of aromatic nitrogens is 3. The summed E-state index contributed by atoms with van der Waals surface area (Å²) in [6.45, 7) is 1.89. The molecule has 0 aliphatic carbocycles. The third-order valence-corrected chi connectivity index (χ3v) is 7.93. The minimum atomic E-state index is -3.88. The highest BCUT2D eigenvalue weighted by Crippen LogP contribution is 2.44. The molecule has 3 heterocycles. The second kappa shape index (κ2) is 9.77. The van der Waals surface area contributed by atoms with Crippen LogP contribution in [0.15, 0.2) is 59.6 Å². The number of fused-ring (bicyclic) bond motifs is 2. The summed E-state index contributed by atoms with van der Waals surface area (Å²) in [7, 11) is -3.41. The molecule has 2 aromatic carbocycles. The number of alkyl halides is 4. The van der Waals surface area contributed by atoms with Crippen LogP contribution in [0.25, 0.3) is 11.0 Å². The van der Waals surface area contributed by atoms with E-state index in [0.29, 0.717) is 12.6 Å². The molecule has 1 amide bonds. The van der Waals surface area contributed by atoms with Gasteiger partial charge in [0.05, 0.1) is 40.5 Å². The first-order valence-electron chi connectivity index (χ1n) is 12.0. The molecule has 0 radical (unpaired) electrons. The van der Waals surface area contributed by atoms with Crippen LogP contribution in [-0.4, -0.2) is 40.9 Å². The van der Waals surface area contributed by atoms with Crippen LogP contribution in [0.2, 0.25) is 0 Å². The van der Waals surface area contributed by atoms with E-state index in [9.17, 15) is 30.8 Å². The predicted molar refractivity (Wildman–Crippen MR) is 134 cm³/mol. The molecule has 1 aliphatic heterocycles. The largest absolute Gasteiger partial charge is 0.586 e. The third-order valence-electron chi connectivity index (χ3n) is 6.21. The van der Waals surface area contributed by atoms with Crippen molar-refractivity contribution < 1.29 is 40.2 Å².